The number of halogens is 1. The molecule has 238 valence electrons. The molecular formula is C34H40FN5O5. The highest BCUT2D eigenvalue weighted by atomic mass is 19.1. The number of amides is 2. The van der Waals surface area contributed by atoms with Gasteiger partial charge in [0, 0.05) is 49.5 Å². The third-order valence-corrected chi connectivity index (χ3v) is 8.83. The van der Waals surface area contributed by atoms with Crippen molar-refractivity contribution in [2.45, 2.75) is 64.1 Å². The minimum absolute atomic E-state index is 0.0401. The molecule has 3 aliphatic heterocycles. The van der Waals surface area contributed by atoms with Gasteiger partial charge in [-0.25, -0.2) is 9.18 Å². The van der Waals surface area contributed by atoms with Gasteiger partial charge in [0.05, 0.1) is 30.0 Å². The first-order valence-corrected chi connectivity index (χ1v) is 15.8. The lowest BCUT2D eigenvalue weighted by Gasteiger charge is -2.39. The molecule has 0 saturated carbocycles. The molecule has 1 N–H and O–H groups in total. The molecule has 3 saturated heterocycles. The topological polar surface area (TPSA) is 106 Å². The normalized spacial score (nSPS) is 18.3. The molecular weight excluding hydrogens is 577 g/mol. The Morgan fingerprint density at radius 2 is 1.76 bits per heavy atom. The number of ether oxygens (including phenoxy) is 3. The van der Waals surface area contributed by atoms with Gasteiger partial charge < -0.3 is 29.3 Å². The van der Waals surface area contributed by atoms with Gasteiger partial charge in [-0.05, 0) is 80.1 Å². The molecule has 10 nitrogen and oxygen atoms in total. The van der Waals surface area contributed by atoms with Crippen LogP contribution in [0.25, 0.3) is 11.3 Å². The van der Waals surface area contributed by atoms with Gasteiger partial charge in [-0.15, -0.1) is 0 Å². The summed E-state index contributed by atoms with van der Waals surface area (Å²) in [6.07, 6.45) is 3.22. The quantitative estimate of drug-likeness (QED) is 0.335. The highest BCUT2D eigenvalue weighted by Gasteiger charge is 2.29. The molecule has 6 rings (SSSR count). The van der Waals surface area contributed by atoms with E-state index in [1.165, 1.54) is 17.0 Å². The summed E-state index contributed by atoms with van der Waals surface area (Å²) < 4.78 is 32.3. The van der Waals surface area contributed by atoms with Crippen LogP contribution in [0.5, 0.6) is 11.5 Å². The summed E-state index contributed by atoms with van der Waals surface area (Å²) in [6.45, 7) is 8.26. The third-order valence-electron chi connectivity index (χ3n) is 8.83. The predicted molar refractivity (Wildman–Crippen MR) is 166 cm³/mol. The number of carbonyl (C=O) groups is 2. The van der Waals surface area contributed by atoms with E-state index in [0.717, 1.165) is 68.9 Å². The zero-order valence-electron chi connectivity index (χ0n) is 25.8. The fourth-order valence-electron chi connectivity index (χ4n) is 6.11. The van der Waals surface area contributed by atoms with Gasteiger partial charge in [-0.2, -0.15) is 10.2 Å². The van der Waals surface area contributed by atoms with Crippen molar-refractivity contribution in [2.24, 2.45) is 0 Å². The monoisotopic (exact) mass is 617 g/mol. The molecule has 2 aromatic carbocycles. The number of nitrogens with zero attached hydrogens (tertiary/aromatic N) is 4. The SMILES string of the molecule is CC(C)c1ccc(-c2ccc(Oc3cc(C(=O)NC4CCN(C5CCOCC5)CC4)c(F)cc3CN3CCOC3=O)cc2)nn1. The van der Waals surface area contributed by atoms with Crippen LogP contribution in [0, 0.1) is 5.82 Å². The molecule has 0 radical (unpaired) electrons. The molecule has 3 aromatic rings. The standard InChI is InChI=1S/C34H40FN5O5/c1-22(2)30-7-8-31(38-37-30)23-3-5-27(6-4-23)45-32-20-28(29(35)19-24(32)21-40-15-18-44-34(40)42)33(41)36-25-9-13-39(14-10-25)26-11-16-43-17-12-26/h3-8,19-20,22,25-26H,9-18,21H2,1-2H3,(H,36,41). The maximum atomic E-state index is 15.5. The molecule has 2 amide bonds. The molecule has 0 aliphatic carbocycles. The Labute approximate surface area is 262 Å². The summed E-state index contributed by atoms with van der Waals surface area (Å²) in [5.41, 5.74) is 2.86. The Balaban J connectivity index is 1.17. The van der Waals surface area contributed by atoms with Crippen LogP contribution >= 0.6 is 0 Å². The average Bonchev–Trinajstić information content (AvgIpc) is 3.47. The lowest BCUT2D eigenvalue weighted by Crippen LogP contribution is -2.49. The number of hydrogen-bond donors (Lipinski definition) is 1. The second-order valence-electron chi connectivity index (χ2n) is 12.2. The van der Waals surface area contributed by atoms with Gasteiger partial charge in [-0.1, -0.05) is 13.8 Å². The molecule has 0 bridgehead atoms. The van der Waals surface area contributed by atoms with Crippen LogP contribution in [0.1, 0.15) is 67.1 Å². The number of cyclic esters (lactones) is 1. The van der Waals surface area contributed by atoms with E-state index in [1.807, 2.05) is 24.3 Å². The van der Waals surface area contributed by atoms with E-state index in [9.17, 15) is 9.59 Å². The molecule has 0 unspecified atom stereocenters. The molecule has 3 fully saturated rings. The Bertz CT molecular complexity index is 1490. The van der Waals surface area contributed by atoms with Crippen LogP contribution in [0.15, 0.2) is 48.5 Å². The maximum Gasteiger partial charge on any atom is 0.410 e. The molecule has 4 heterocycles. The number of nitrogens with one attached hydrogen (secondary N) is 1. The fourth-order valence-corrected chi connectivity index (χ4v) is 6.11. The fraction of sp³-hybridized carbons (Fsp3) is 0.471. The smallest absolute Gasteiger partial charge is 0.410 e. The number of benzene rings is 2. The van der Waals surface area contributed by atoms with Crippen molar-refractivity contribution in [3.05, 3.63) is 71.2 Å². The van der Waals surface area contributed by atoms with Gasteiger partial charge in [0.1, 0.15) is 23.9 Å². The Hall–Kier alpha value is -4.09. The summed E-state index contributed by atoms with van der Waals surface area (Å²) in [5.74, 6) is -0.0657. The van der Waals surface area contributed by atoms with E-state index < -0.39 is 17.8 Å². The average molecular weight is 618 g/mol. The second kappa shape index (κ2) is 13.9. The number of hydrogen-bond acceptors (Lipinski definition) is 8. The summed E-state index contributed by atoms with van der Waals surface area (Å²) in [7, 11) is 0. The number of aromatic nitrogens is 2. The number of piperidine rings is 1. The van der Waals surface area contributed by atoms with Crippen molar-refractivity contribution in [1.82, 2.24) is 25.3 Å². The van der Waals surface area contributed by atoms with E-state index >= 15 is 4.39 Å². The third kappa shape index (κ3) is 7.42. The van der Waals surface area contributed by atoms with Crippen molar-refractivity contribution in [3.8, 4) is 22.8 Å². The lowest BCUT2D eigenvalue weighted by atomic mass is 9.99. The van der Waals surface area contributed by atoms with Crippen LogP contribution in [0.2, 0.25) is 0 Å². The van der Waals surface area contributed by atoms with E-state index in [-0.39, 0.29) is 30.7 Å². The molecule has 1 aromatic heterocycles. The highest BCUT2D eigenvalue weighted by molar-refractivity contribution is 5.95. The molecule has 45 heavy (non-hydrogen) atoms. The number of likely N-dealkylation sites (tertiary alicyclic amines) is 1. The summed E-state index contributed by atoms with van der Waals surface area (Å²) in [6, 6.07) is 14.4. The second-order valence-corrected chi connectivity index (χ2v) is 12.2. The molecule has 0 spiro atoms. The first kappa shape index (κ1) is 30.9. The van der Waals surface area contributed by atoms with Crippen molar-refractivity contribution in [3.63, 3.8) is 0 Å². The van der Waals surface area contributed by atoms with Crippen LogP contribution in [0.3, 0.4) is 0 Å². The van der Waals surface area contributed by atoms with E-state index in [1.54, 1.807) is 12.1 Å². The maximum absolute atomic E-state index is 15.5. The predicted octanol–water partition coefficient (Wildman–Crippen LogP) is 5.52. The van der Waals surface area contributed by atoms with E-state index in [2.05, 4.69) is 34.3 Å². The summed E-state index contributed by atoms with van der Waals surface area (Å²) in [5, 5.41) is 11.7. The van der Waals surface area contributed by atoms with Crippen molar-refractivity contribution in [2.75, 3.05) is 39.5 Å². The first-order chi connectivity index (χ1) is 21.8. The van der Waals surface area contributed by atoms with Crippen molar-refractivity contribution < 1.29 is 28.2 Å². The van der Waals surface area contributed by atoms with E-state index in [4.69, 9.17) is 14.2 Å². The van der Waals surface area contributed by atoms with Crippen LogP contribution < -0.4 is 10.1 Å². The largest absolute Gasteiger partial charge is 0.457 e. The van der Waals surface area contributed by atoms with Crippen LogP contribution in [0.4, 0.5) is 9.18 Å². The lowest BCUT2D eigenvalue weighted by molar-refractivity contribution is 0.0238. The number of rotatable bonds is 9. The zero-order valence-corrected chi connectivity index (χ0v) is 25.8. The van der Waals surface area contributed by atoms with Crippen molar-refractivity contribution >= 4 is 12.0 Å². The van der Waals surface area contributed by atoms with Crippen molar-refractivity contribution in [1.29, 1.82) is 0 Å². The summed E-state index contributed by atoms with van der Waals surface area (Å²) in [4.78, 5) is 29.5. The molecule has 11 heteroatoms. The Kier molecular flexibility index (Phi) is 9.56. The summed E-state index contributed by atoms with van der Waals surface area (Å²) >= 11 is 0. The van der Waals surface area contributed by atoms with E-state index in [0.29, 0.717) is 29.6 Å². The van der Waals surface area contributed by atoms with Gasteiger partial charge in [-0.3, -0.25) is 4.79 Å². The van der Waals surface area contributed by atoms with Gasteiger partial charge in [0.2, 0.25) is 0 Å². The first-order valence-electron chi connectivity index (χ1n) is 15.8. The minimum Gasteiger partial charge on any atom is -0.457 e. The number of carbonyl (C=O) groups excluding carboxylic acids is 2. The van der Waals surface area contributed by atoms with Gasteiger partial charge in [0.15, 0.2) is 0 Å². The zero-order chi connectivity index (χ0) is 31.3. The molecule has 0 atom stereocenters. The van der Waals surface area contributed by atoms with Gasteiger partial charge in [0.25, 0.3) is 5.91 Å². The highest BCUT2D eigenvalue weighted by Crippen LogP contribution is 2.32. The molecule has 3 aliphatic rings. The van der Waals surface area contributed by atoms with Gasteiger partial charge >= 0.3 is 6.09 Å². The Morgan fingerprint density at radius 3 is 2.40 bits per heavy atom. The van der Waals surface area contributed by atoms with Crippen LogP contribution in [-0.2, 0) is 16.0 Å². The minimum atomic E-state index is -0.666. The Morgan fingerprint density at radius 1 is 1.00 bits per heavy atom. The van der Waals surface area contributed by atoms with Crippen LogP contribution in [-0.4, -0.2) is 83.5 Å².